The Labute approximate surface area is 164 Å². The molecular weight excluding hydrogens is 380 g/mol. The molecule has 0 unspecified atom stereocenters. The molecule has 0 spiro atoms. The van der Waals surface area contributed by atoms with E-state index in [9.17, 15) is 19.7 Å². The predicted octanol–water partition coefficient (Wildman–Crippen LogP) is 3.19. The summed E-state index contributed by atoms with van der Waals surface area (Å²) in [5.41, 5.74) is 1.08. The number of amides is 1. The fourth-order valence-electron chi connectivity index (χ4n) is 3.57. The Morgan fingerprint density at radius 2 is 2.14 bits per heavy atom. The van der Waals surface area contributed by atoms with Gasteiger partial charge in [-0.05, 0) is 44.2 Å². The third-order valence-electron chi connectivity index (χ3n) is 4.91. The number of non-ortho nitro benzene ring substituents is 1. The average Bonchev–Trinajstić information content (AvgIpc) is 3.03. The SMILES string of the molecule is Cc1nc2sc3c(c2c(=O)n1CC(=O)Nc1cccc([N+](=O)[O-])c1)CCCC3. The van der Waals surface area contributed by atoms with E-state index in [1.54, 1.807) is 24.3 Å². The van der Waals surface area contributed by atoms with Gasteiger partial charge in [0.25, 0.3) is 11.2 Å². The third kappa shape index (κ3) is 3.29. The summed E-state index contributed by atoms with van der Waals surface area (Å²) in [6, 6.07) is 5.69. The molecule has 1 aromatic carbocycles. The largest absolute Gasteiger partial charge is 0.324 e. The Morgan fingerprint density at radius 3 is 2.93 bits per heavy atom. The summed E-state index contributed by atoms with van der Waals surface area (Å²) in [4.78, 5) is 42.4. The minimum absolute atomic E-state index is 0.112. The predicted molar refractivity (Wildman–Crippen MR) is 107 cm³/mol. The molecule has 4 rings (SSSR count). The molecule has 2 heterocycles. The second kappa shape index (κ2) is 7.16. The normalized spacial score (nSPS) is 13.3. The summed E-state index contributed by atoms with van der Waals surface area (Å²) < 4.78 is 1.37. The van der Waals surface area contributed by atoms with Gasteiger partial charge in [0.2, 0.25) is 5.91 Å². The van der Waals surface area contributed by atoms with Gasteiger partial charge in [0.15, 0.2) is 0 Å². The highest BCUT2D eigenvalue weighted by molar-refractivity contribution is 7.18. The van der Waals surface area contributed by atoms with E-state index in [1.165, 1.54) is 27.6 Å². The van der Waals surface area contributed by atoms with E-state index in [2.05, 4.69) is 10.3 Å². The molecule has 9 heteroatoms. The van der Waals surface area contributed by atoms with Crippen LogP contribution in [0, 0.1) is 17.0 Å². The summed E-state index contributed by atoms with van der Waals surface area (Å²) in [6.07, 6.45) is 4.02. The standard InChI is InChI=1S/C19H18N4O4S/c1-11-20-18-17(14-7-2-3-8-15(14)28-18)19(25)22(11)10-16(24)21-12-5-4-6-13(9-12)23(26)27/h4-6,9H,2-3,7-8,10H2,1H3,(H,21,24). The van der Waals surface area contributed by atoms with Gasteiger partial charge in [-0.1, -0.05) is 6.07 Å². The summed E-state index contributed by atoms with van der Waals surface area (Å²) in [6.45, 7) is 1.51. The van der Waals surface area contributed by atoms with Gasteiger partial charge in [0.1, 0.15) is 17.2 Å². The molecule has 2 aromatic heterocycles. The van der Waals surface area contributed by atoms with Crippen LogP contribution in [0.2, 0.25) is 0 Å². The monoisotopic (exact) mass is 398 g/mol. The van der Waals surface area contributed by atoms with E-state index in [1.807, 2.05) is 0 Å². The molecular formula is C19H18N4O4S. The molecule has 1 aliphatic carbocycles. The number of nitrogens with one attached hydrogen (secondary N) is 1. The maximum Gasteiger partial charge on any atom is 0.271 e. The van der Waals surface area contributed by atoms with Crippen LogP contribution < -0.4 is 10.9 Å². The highest BCUT2D eigenvalue weighted by atomic mass is 32.1. The maximum absolute atomic E-state index is 13.1. The van der Waals surface area contributed by atoms with Crippen molar-refractivity contribution in [2.24, 2.45) is 0 Å². The van der Waals surface area contributed by atoms with E-state index >= 15 is 0 Å². The smallest absolute Gasteiger partial charge is 0.271 e. The van der Waals surface area contributed by atoms with Crippen molar-refractivity contribution in [2.75, 3.05) is 5.32 Å². The maximum atomic E-state index is 13.1. The van der Waals surface area contributed by atoms with Crippen LogP contribution in [0.3, 0.4) is 0 Å². The first-order valence-corrected chi connectivity index (χ1v) is 9.81. The van der Waals surface area contributed by atoms with Gasteiger partial charge in [-0.15, -0.1) is 11.3 Å². The van der Waals surface area contributed by atoms with Crippen LogP contribution in [0.25, 0.3) is 10.2 Å². The van der Waals surface area contributed by atoms with Gasteiger partial charge in [-0.25, -0.2) is 4.98 Å². The number of nitro groups is 1. The Hall–Kier alpha value is -3.07. The number of rotatable bonds is 4. The molecule has 144 valence electrons. The van der Waals surface area contributed by atoms with E-state index in [4.69, 9.17) is 0 Å². The summed E-state index contributed by atoms with van der Waals surface area (Å²) in [5.74, 6) is 0.0428. The molecule has 28 heavy (non-hydrogen) atoms. The van der Waals surface area contributed by atoms with Crippen molar-refractivity contribution >= 4 is 38.8 Å². The zero-order valence-electron chi connectivity index (χ0n) is 15.2. The molecule has 0 fully saturated rings. The second-order valence-electron chi connectivity index (χ2n) is 6.80. The van der Waals surface area contributed by atoms with E-state index in [0.29, 0.717) is 16.9 Å². The molecule has 0 saturated carbocycles. The molecule has 1 aliphatic rings. The van der Waals surface area contributed by atoms with Gasteiger partial charge >= 0.3 is 0 Å². The number of carbonyl (C=O) groups is 1. The lowest BCUT2D eigenvalue weighted by Gasteiger charge is -2.12. The second-order valence-corrected chi connectivity index (χ2v) is 7.88. The van der Waals surface area contributed by atoms with Crippen LogP contribution >= 0.6 is 11.3 Å². The number of nitro benzene ring substituents is 1. The van der Waals surface area contributed by atoms with E-state index in [-0.39, 0.29) is 17.8 Å². The molecule has 0 radical (unpaired) electrons. The number of anilines is 1. The number of hydrogen-bond donors (Lipinski definition) is 1. The number of fused-ring (bicyclic) bond motifs is 3. The molecule has 0 bridgehead atoms. The first-order chi connectivity index (χ1) is 13.4. The number of aryl methyl sites for hydroxylation is 3. The number of hydrogen-bond acceptors (Lipinski definition) is 6. The van der Waals surface area contributed by atoms with Gasteiger partial charge in [-0.3, -0.25) is 24.3 Å². The van der Waals surface area contributed by atoms with Crippen LogP contribution in [0.15, 0.2) is 29.1 Å². The minimum atomic E-state index is -0.526. The number of aromatic nitrogens is 2. The van der Waals surface area contributed by atoms with Gasteiger partial charge in [-0.2, -0.15) is 0 Å². The van der Waals surface area contributed by atoms with Gasteiger partial charge < -0.3 is 5.32 Å². The quantitative estimate of drug-likeness (QED) is 0.536. The van der Waals surface area contributed by atoms with Crippen LogP contribution in [0.1, 0.15) is 29.1 Å². The zero-order valence-corrected chi connectivity index (χ0v) is 16.0. The Balaban J connectivity index is 1.64. The first kappa shape index (κ1) is 18.3. The van der Waals surface area contributed by atoms with Crippen molar-refractivity contribution in [3.63, 3.8) is 0 Å². The van der Waals surface area contributed by atoms with Crippen molar-refractivity contribution in [1.29, 1.82) is 0 Å². The van der Waals surface area contributed by atoms with E-state index in [0.717, 1.165) is 36.1 Å². The molecule has 0 saturated heterocycles. The lowest BCUT2D eigenvalue weighted by molar-refractivity contribution is -0.384. The molecule has 1 amide bonds. The topological polar surface area (TPSA) is 107 Å². The minimum Gasteiger partial charge on any atom is -0.324 e. The molecule has 1 N–H and O–H groups in total. The van der Waals surface area contributed by atoms with Crippen LogP contribution in [-0.4, -0.2) is 20.4 Å². The number of thiophene rings is 1. The highest BCUT2D eigenvalue weighted by Gasteiger charge is 2.22. The first-order valence-electron chi connectivity index (χ1n) is 9.00. The Bertz CT molecular complexity index is 1160. The van der Waals surface area contributed by atoms with Crippen molar-refractivity contribution in [2.45, 2.75) is 39.2 Å². The van der Waals surface area contributed by atoms with Crippen LogP contribution in [-0.2, 0) is 24.2 Å². The van der Waals surface area contributed by atoms with Crippen molar-refractivity contribution in [1.82, 2.24) is 9.55 Å². The van der Waals surface area contributed by atoms with Gasteiger partial charge in [0.05, 0.1) is 10.3 Å². The number of benzene rings is 1. The van der Waals surface area contributed by atoms with Crippen molar-refractivity contribution < 1.29 is 9.72 Å². The average molecular weight is 398 g/mol. The fraction of sp³-hybridized carbons (Fsp3) is 0.316. The summed E-state index contributed by atoms with van der Waals surface area (Å²) in [5, 5.41) is 14.1. The number of nitrogens with zero attached hydrogens (tertiary/aromatic N) is 3. The molecule has 0 atom stereocenters. The molecule has 8 nitrogen and oxygen atoms in total. The van der Waals surface area contributed by atoms with Crippen molar-refractivity contribution in [3.05, 3.63) is 61.0 Å². The molecule has 3 aromatic rings. The summed E-state index contributed by atoms with van der Waals surface area (Å²) in [7, 11) is 0. The fourth-order valence-corrected chi connectivity index (χ4v) is 4.87. The van der Waals surface area contributed by atoms with E-state index < -0.39 is 10.8 Å². The summed E-state index contributed by atoms with van der Waals surface area (Å²) >= 11 is 1.57. The Morgan fingerprint density at radius 1 is 1.36 bits per heavy atom. The zero-order chi connectivity index (χ0) is 19.8. The lowest BCUT2D eigenvalue weighted by Crippen LogP contribution is -2.30. The number of carbonyl (C=O) groups excluding carboxylic acids is 1. The van der Waals surface area contributed by atoms with Crippen LogP contribution in [0.4, 0.5) is 11.4 Å². The lowest BCUT2D eigenvalue weighted by atomic mass is 9.97. The third-order valence-corrected chi connectivity index (χ3v) is 6.09. The van der Waals surface area contributed by atoms with Crippen LogP contribution in [0.5, 0.6) is 0 Å². The van der Waals surface area contributed by atoms with Crippen molar-refractivity contribution in [3.8, 4) is 0 Å². The van der Waals surface area contributed by atoms with Gasteiger partial charge in [0, 0.05) is 22.7 Å². The highest BCUT2D eigenvalue weighted by Crippen LogP contribution is 2.33. The molecule has 0 aliphatic heterocycles. The Kier molecular flexibility index (Phi) is 4.68.